The van der Waals surface area contributed by atoms with E-state index in [9.17, 15) is 9.90 Å². The van der Waals surface area contributed by atoms with E-state index in [2.05, 4.69) is 20.2 Å². The predicted octanol–water partition coefficient (Wildman–Crippen LogP) is 2.16. The van der Waals surface area contributed by atoms with Crippen molar-refractivity contribution in [2.45, 2.75) is 50.5 Å². The van der Waals surface area contributed by atoms with Crippen LogP contribution in [0.3, 0.4) is 0 Å². The molecule has 7 heteroatoms. The number of nitrogens with one attached hydrogen (secondary N) is 1. The minimum Gasteiger partial charge on any atom is -0.388 e. The normalized spacial score (nSPS) is 20.5. The molecule has 0 unspecified atom stereocenters. The van der Waals surface area contributed by atoms with Crippen LogP contribution in [-0.2, 0) is 0 Å². The van der Waals surface area contributed by atoms with Gasteiger partial charge in [0.25, 0.3) is 5.91 Å². The van der Waals surface area contributed by atoms with Crippen molar-refractivity contribution in [3.8, 4) is 0 Å². The standard InChI is InChI=1S/C16H23ClN4O2/c17-12-10-18-15(21-8-4-5-9-21)20-13(12)14(22)19-11-16(23)6-2-1-3-7-16/h10,23H,1-9,11H2,(H,19,22). The summed E-state index contributed by atoms with van der Waals surface area (Å²) in [6, 6.07) is 0. The molecule has 0 spiro atoms. The molecule has 2 aliphatic rings. The Balaban J connectivity index is 1.67. The van der Waals surface area contributed by atoms with Crippen LogP contribution in [0.2, 0.25) is 5.02 Å². The maximum atomic E-state index is 12.4. The summed E-state index contributed by atoms with van der Waals surface area (Å²) in [6.07, 6.45) is 8.30. The molecule has 2 N–H and O–H groups in total. The molecule has 126 valence electrons. The van der Waals surface area contributed by atoms with E-state index in [0.29, 0.717) is 5.95 Å². The highest BCUT2D eigenvalue weighted by molar-refractivity contribution is 6.33. The van der Waals surface area contributed by atoms with E-state index in [-0.39, 0.29) is 23.2 Å². The summed E-state index contributed by atoms with van der Waals surface area (Å²) in [4.78, 5) is 23.0. The number of aliphatic hydroxyl groups is 1. The van der Waals surface area contributed by atoms with Crippen LogP contribution in [0.5, 0.6) is 0 Å². The Morgan fingerprint density at radius 3 is 2.65 bits per heavy atom. The van der Waals surface area contributed by atoms with Crippen LogP contribution in [0.15, 0.2) is 6.20 Å². The fraction of sp³-hybridized carbons (Fsp3) is 0.688. The zero-order chi connectivity index (χ0) is 16.3. The van der Waals surface area contributed by atoms with Gasteiger partial charge in [-0.05, 0) is 25.7 Å². The van der Waals surface area contributed by atoms with Gasteiger partial charge >= 0.3 is 0 Å². The molecule has 0 bridgehead atoms. The van der Waals surface area contributed by atoms with E-state index in [0.717, 1.165) is 58.0 Å². The number of carbonyl (C=O) groups excluding carboxylic acids is 1. The van der Waals surface area contributed by atoms with Crippen LogP contribution < -0.4 is 10.2 Å². The van der Waals surface area contributed by atoms with Crippen molar-refractivity contribution in [1.29, 1.82) is 0 Å². The third-order valence-corrected chi connectivity index (χ3v) is 4.97. The second kappa shape index (κ2) is 7.01. The second-order valence-electron chi connectivity index (χ2n) is 6.53. The molecule has 3 rings (SSSR count). The molecule has 1 aliphatic carbocycles. The topological polar surface area (TPSA) is 78.3 Å². The fourth-order valence-corrected chi connectivity index (χ4v) is 3.48. The van der Waals surface area contributed by atoms with Gasteiger partial charge in [-0.2, -0.15) is 0 Å². The number of rotatable bonds is 4. The first kappa shape index (κ1) is 16.5. The van der Waals surface area contributed by atoms with Crippen LogP contribution >= 0.6 is 11.6 Å². The molecule has 2 heterocycles. The van der Waals surface area contributed by atoms with Crippen molar-refractivity contribution in [3.63, 3.8) is 0 Å². The quantitative estimate of drug-likeness (QED) is 0.879. The van der Waals surface area contributed by atoms with Gasteiger partial charge in [-0.25, -0.2) is 9.97 Å². The fourth-order valence-electron chi connectivity index (χ4n) is 3.30. The predicted molar refractivity (Wildman–Crippen MR) is 88.9 cm³/mol. The summed E-state index contributed by atoms with van der Waals surface area (Å²) in [5.41, 5.74) is -0.617. The Labute approximate surface area is 141 Å². The number of nitrogens with zero attached hydrogens (tertiary/aromatic N) is 3. The third kappa shape index (κ3) is 3.93. The molecular weight excluding hydrogens is 316 g/mol. The number of halogens is 1. The van der Waals surface area contributed by atoms with Gasteiger partial charge in [0, 0.05) is 19.6 Å². The lowest BCUT2D eigenvalue weighted by Gasteiger charge is -2.32. The van der Waals surface area contributed by atoms with Gasteiger partial charge < -0.3 is 15.3 Å². The van der Waals surface area contributed by atoms with Gasteiger partial charge in [0.1, 0.15) is 0 Å². The molecule has 0 atom stereocenters. The lowest BCUT2D eigenvalue weighted by molar-refractivity contribution is 0.00521. The lowest BCUT2D eigenvalue weighted by atomic mass is 9.85. The van der Waals surface area contributed by atoms with Crippen LogP contribution in [-0.4, -0.2) is 46.2 Å². The van der Waals surface area contributed by atoms with Gasteiger partial charge in [-0.3, -0.25) is 4.79 Å². The van der Waals surface area contributed by atoms with E-state index < -0.39 is 5.60 Å². The molecule has 0 radical (unpaired) electrons. The molecule has 6 nitrogen and oxygen atoms in total. The van der Waals surface area contributed by atoms with E-state index in [4.69, 9.17) is 11.6 Å². The average molecular weight is 339 g/mol. The molecule has 1 aliphatic heterocycles. The smallest absolute Gasteiger partial charge is 0.271 e. The summed E-state index contributed by atoms with van der Waals surface area (Å²) in [6.45, 7) is 2.05. The molecule has 0 aromatic carbocycles. The molecule has 1 amide bonds. The Kier molecular flexibility index (Phi) is 5.02. The molecule has 1 aromatic heterocycles. The second-order valence-corrected chi connectivity index (χ2v) is 6.94. The highest BCUT2D eigenvalue weighted by atomic mass is 35.5. The SMILES string of the molecule is O=C(NCC1(O)CCCCC1)c1nc(N2CCCC2)ncc1Cl. The summed E-state index contributed by atoms with van der Waals surface area (Å²) in [7, 11) is 0. The summed E-state index contributed by atoms with van der Waals surface area (Å²) < 4.78 is 0. The zero-order valence-corrected chi connectivity index (χ0v) is 14.0. The summed E-state index contributed by atoms with van der Waals surface area (Å²) in [5, 5.41) is 13.5. The van der Waals surface area contributed by atoms with Gasteiger partial charge in [0.05, 0.1) is 16.8 Å². The van der Waals surface area contributed by atoms with Crippen LogP contribution in [0.4, 0.5) is 5.95 Å². The number of amides is 1. The van der Waals surface area contributed by atoms with Crippen molar-refractivity contribution in [1.82, 2.24) is 15.3 Å². The maximum absolute atomic E-state index is 12.4. The first-order valence-corrected chi connectivity index (χ1v) is 8.73. The first-order valence-electron chi connectivity index (χ1n) is 8.35. The van der Waals surface area contributed by atoms with E-state index >= 15 is 0 Å². The molecular formula is C16H23ClN4O2. The monoisotopic (exact) mass is 338 g/mol. The molecule has 1 aromatic rings. The Morgan fingerprint density at radius 1 is 1.26 bits per heavy atom. The van der Waals surface area contributed by atoms with Crippen molar-refractivity contribution >= 4 is 23.5 Å². The third-order valence-electron chi connectivity index (χ3n) is 4.70. The van der Waals surface area contributed by atoms with Gasteiger partial charge in [-0.15, -0.1) is 0 Å². The van der Waals surface area contributed by atoms with E-state index in [1.165, 1.54) is 6.20 Å². The van der Waals surface area contributed by atoms with Crippen molar-refractivity contribution in [2.75, 3.05) is 24.5 Å². The Morgan fingerprint density at radius 2 is 1.96 bits per heavy atom. The van der Waals surface area contributed by atoms with Crippen LogP contribution in [0.25, 0.3) is 0 Å². The van der Waals surface area contributed by atoms with E-state index in [1.807, 2.05) is 0 Å². The van der Waals surface area contributed by atoms with Crippen LogP contribution in [0.1, 0.15) is 55.4 Å². The number of anilines is 1. The Bertz CT molecular complexity index is 569. The summed E-state index contributed by atoms with van der Waals surface area (Å²) in [5.74, 6) is 0.199. The number of hydrogen-bond acceptors (Lipinski definition) is 5. The average Bonchev–Trinajstić information content (AvgIpc) is 3.08. The van der Waals surface area contributed by atoms with Crippen LogP contribution in [0, 0.1) is 0 Å². The highest BCUT2D eigenvalue weighted by Crippen LogP contribution is 2.27. The Hall–Kier alpha value is -1.40. The van der Waals surface area contributed by atoms with Crippen molar-refractivity contribution in [2.24, 2.45) is 0 Å². The van der Waals surface area contributed by atoms with Gasteiger partial charge in [0.15, 0.2) is 5.69 Å². The number of aromatic nitrogens is 2. The maximum Gasteiger partial charge on any atom is 0.271 e. The largest absolute Gasteiger partial charge is 0.388 e. The molecule has 1 saturated heterocycles. The number of hydrogen-bond donors (Lipinski definition) is 2. The highest BCUT2D eigenvalue weighted by Gasteiger charge is 2.30. The van der Waals surface area contributed by atoms with Crippen molar-refractivity contribution in [3.05, 3.63) is 16.9 Å². The molecule has 1 saturated carbocycles. The minimum absolute atomic E-state index is 0.183. The molecule has 23 heavy (non-hydrogen) atoms. The zero-order valence-electron chi connectivity index (χ0n) is 13.2. The number of carbonyl (C=O) groups is 1. The minimum atomic E-state index is -0.800. The molecule has 2 fully saturated rings. The van der Waals surface area contributed by atoms with E-state index in [1.54, 1.807) is 0 Å². The lowest BCUT2D eigenvalue weighted by Crippen LogP contribution is -2.44. The van der Waals surface area contributed by atoms with Gasteiger partial charge in [0.2, 0.25) is 5.95 Å². The summed E-state index contributed by atoms with van der Waals surface area (Å²) >= 11 is 6.09. The van der Waals surface area contributed by atoms with Gasteiger partial charge in [-0.1, -0.05) is 30.9 Å². The van der Waals surface area contributed by atoms with Crippen molar-refractivity contribution < 1.29 is 9.90 Å². The first-order chi connectivity index (χ1) is 11.1.